The first-order valence-corrected chi connectivity index (χ1v) is 11.7. The van der Waals surface area contributed by atoms with Gasteiger partial charge in [0.1, 0.15) is 29.3 Å². The van der Waals surface area contributed by atoms with E-state index in [9.17, 15) is 19.2 Å². The van der Waals surface area contributed by atoms with Crippen LogP contribution in [0.3, 0.4) is 0 Å². The Kier molecular flexibility index (Phi) is 5.62. The molecule has 1 aromatic heterocycles. The lowest BCUT2D eigenvalue weighted by atomic mass is 9.96. The van der Waals surface area contributed by atoms with E-state index in [-0.39, 0.29) is 73.7 Å². The van der Waals surface area contributed by atoms with Crippen LogP contribution in [0.2, 0.25) is 5.02 Å². The molecule has 2 N–H and O–H groups in total. The Morgan fingerprint density at radius 2 is 2.09 bits per heavy atom. The van der Waals surface area contributed by atoms with Crippen LogP contribution >= 0.6 is 22.9 Å². The number of nitrogens with two attached hydrogens (primary N) is 1. The van der Waals surface area contributed by atoms with Gasteiger partial charge in [-0.2, -0.15) is 5.26 Å². The van der Waals surface area contributed by atoms with Crippen LogP contribution in [0.25, 0.3) is 21.2 Å². The zero-order chi connectivity index (χ0) is 25.0. The molecule has 2 aliphatic heterocycles. The highest BCUT2D eigenvalue weighted by molar-refractivity contribution is 7.23. The molecule has 178 valence electrons. The van der Waals surface area contributed by atoms with Crippen molar-refractivity contribution in [3.63, 3.8) is 0 Å². The second kappa shape index (κ2) is 8.52. The van der Waals surface area contributed by atoms with Gasteiger partial charge in [-0.3, -0.25) is 9.59 Å². The summed E-state index contributed by atoms with van der Waals surface area (Å²) in [5, 5.41) is 9.66. The Hall–Kier alpha value is -3.68. The minimum absolute atomic E-state index is 0.0109. The van der Waals surface area contributed by atoms with E-state index in [2.05, 4.69) is 6.58 Å². The van der Waals surface area contributed by atoms with Gasteiger partial charge in [0.05, 0.1) is 26.9 Å². The minimum atomic E-state index is -0.828. The van der Waals surface area contributed by atoms with Gasteiger partial charge in [-0.1, -0.05) is 24.2 Å². The van der Waals surface area contributed by atoms with Crippen LogP contribution in [0, 0.1) is 23.0 Å². The maximum Gasteiger partial charge on any atom is 0.258 e. The number of piperazine rings is 1. The summed E-state index contributed by atoms with van der Waals surface area (Å²) in [7, 11) is 0. The average molecular weight is 515 g/mol. The van der Waals surface area contributed by atoms with Crippen molar-refractivity contribution in [2.24, 2.45) is 0 Å². The van der Waals surface area contributed by atoms with Gasteiger partial charge in [0.25, 0.3) is 5.91 Å². The number of ether oxygens (including phenoxy) is 1. The van der Waals surface area contributed by atoms with Gasteiger partial charge in [-0.05, 0) is 23.8 Å². The first-order valence-electron chi connectivity index (χ1n) is 10.5. The number of anilines is 1. The third-order valence-electron chi connectivity index (χ3n) is 6.25. The molecule has 3 aromatic rings. The number of nitrogen functional groups attached to an aromatic ring is 1. The predicted octanol–water partition coefficient (Wildman–Crippen LogP) is 4.19. The number of benzene rings is 2. The zero-order valence-corrected chi connectivity index (χ0v) is 19.7. The number of fused-ring (bicyclic) bond motifs is 3. The molecule has 2 aromatic carbocycles. The molecule has 5 rings (SSSR count). The average Bonchev–Trinajstić information content (AvgIpc) is 3.13. The molecule has 11 heteroatoms. The fraction of sp³-hybridized carbons (Fsp3) is 0.208. The summed E-state index contributed by atoms with van der Waals surface area (Å²) < 4.78 is 36.1. The van der Waals surface area contributed by atoms with Crippen molar-refractivity contribution in [1.29, 1.82) is 5.26 Å². The van der Waals surface area contributed by atoms with E-state index in [1.807, 2.05) is 6.07 Å². The first kappa shape index (κ1) is 23.1. The summed E-state index contributed by atoms with van der Waals surface area (Å²) in [4.78, 5) is 28.5. The van der Waals surface area contributed by atoms with Crippen molar-refractivity contribution in [1.82, 2.24) is 9.80 Å². The fourth-order valence-electron chi connectivity index (χ4n) is 4.59. The molecular weight excluding hydrogens is 498 g/mol. The molecule has 1 saturated heterocycles. The molecule has 1 fully saturated rings. The number of halogens is 3. The van der Waals surface area contributed by atoms with Crippen LogP contribution in [-0.2, 0) is 4.79 Å². The number of hydrogen-bond donors (Lipinski definition) is 1. The van der Waals surface area contributed by atoms with Crippen LogP contribution in [0.4, 0.5) is 13.8 Å². The third-order valence-corrected chi connectivity index (χ3v) is 7.64. The number of carbonyl (C=O) groups excluding carboxylic acids is 2. The molecule has 0 aliphatic carbocycles. The van der Waals surface area contributed by atoms with Crippen molar-refractivity contribution in [2.45, 2.75) is 6.04 Å². The summed E-state index contributed by atoms with van der Waals surface area (Å²) in [6, 6.07) is 4.99. The second-order valence-corrected chi connectivity index (χ2v) is 9.56. The van der Waals surface area contributed by atoms with Crippen LogP contribution in [0.15, 0.2) is 30.9 Å². The predicted molar refractivity (Wildman–Crippen MR) is 128 cm³/mol. The summed E-state index contributed by atoms with van der Waals surface area (Å²) >= 11 is 7.51. The Balaban J connectivity index is 1.64. The number of rotatable bonds is 2. The molecule has 7 nitrogen and oxygen atoms in total. The van der Waals surface area contributed by atoms with E-state index in [4.69, 9.17) is 22.1 Å². The van der Waals surface area contributed by atoms with Gasteiger partial charge in [-0.25, -0.2) is 8.78 Å². The molecule has 0 spiro atoms. The molecule has 2 aliphatic rings. The normalized spacial score (nSPS) is 17.3. The molecule has 0 unspecified atom stereocenters. The first-order chi connectivity index (χ1) is 16.8. The Morgan fingerprint density at radius 1 is 1.31 bits per heavy atom. The molecular formula is C24H17ClF2N4O3S. The summed E-state index contributed by atoms with van der Waals surface area (Å²) in [5.74, 6) is -2.17. The van der Waals surface area contributed by atoms with Crippen molar-refractivity contribution in [3.8, 4) is 22.9 Å². The Labute approximate surface area is 207 Å². The second-order valence-electron chi connectivity index (χ2n) is 8.13. The molecule has 35 heavy (non-hydrogen) atoms. The minimum Gasteiger partial charge on any atom is -0.489 e. The number of thiophene rings is 1. The van der Waals surface area contributed by atoms with Gasteiger partial charge < -0.3 is 20.3 Å². The Morgan fingerprint density at radius 3 is 2.80 bits per heavy atom. The lowest BCUT2D eigenvalue weighted by Gasteiger charge is -2.39. The highest BCUT2D eigenvalue weighted by atomic mass is 35.5. The van der Waals surface area contributed by atoms with Crippen LogP contribution in [0.5, 0.6) is 5.75 Å². The SMILES string of the molecule is C=CC(=O)N1CCN2C(=O)c3cc(F)c(-c4ccc(F)c5sc(N)c(C#N)c45)c(Cl)c3OC[C@H]2C1. The number of amides is 2. The van der Waals surface area contributed by atoms with Gasteiger partial charge in [0.2, 0.25) is 5.91 Å². The van der Waals surface area contributed by atoms with E-state index in [1.165, 1.54) is 17.0 Å². The van der Waals surface area contributed by atoms with Crippen LogP contribution < -0.4 is 10.5 Å². The molecule has 0 saturated carbocycles. The lowest BCUT2D eigenvalue weighted by molar-refractivity contribution is -0.128. The third kappa shape index (κ3) is 3.50. The maximum absolute atomic E-state index is 15.6. The summed E-state index contributed by atoms with van der Waals surface area (Å²) in [6.45, 7) is 4.30. The van der Waals surface area contributed by atoms with E-state index >= 15 is 4.39 Å². The van der Waals surface area contributed by atoms with Crippen LogP contribution in [-0.4, -0.2) is 53.9 Å². The standard InChI is InChI=1S/C24H17ClF2N4O3S/c1-2-17(32)30-5-6-31-11(9-30)10-34-21-13(24(31)33)7-16(27)19(20(21)25)12-3-4-15(26)22-18(12)14(8-28)23(29)35-22/h2-4,7,11H,1,5-6,9-10,29H2/t11-/m1/s1. The molecule has 0 radical (unpaired) electrons. The van der Waals surface area contributed by atoms with Gasteiger partial charge in [-0.15, -0.1) is 11.3 Å². The highest BCUT2D eigenvalue weighted by Gasteiger charge is 2.38. The molecule has 0 bridgehead atoms. The number of carbonyl (C=O) groups is 2. The highest BCUT2D eigenvalue weighted by Crippen LogP contribution is 2.47. The van der Waals surface area contributed by atoms with Crippen molar-refractivity contribution in [2.75, 3.05) is 32.0 Å². The zero-order valence-electron chi connectivity index (χ0n) is 18.1. The fourth-order valence-corrected chi connectivity index (χ4v) is 5.88. The lowest BCUT2D eigenvalue weighted by Crippen LogP contribution is -2.57. The Bertz CT molecular complexity index is 1480. The number of hydrogen-bond acceptors (Lipinski definition) is 6. The monoisotopic (exact) mass is 514 g/mol. The van der Waals surface area contributed by atoms with Gasteiger partial charge in [0, 0.05) is 30.6 Å². The summed E-state index contributed by atoms with van der Waals surface area (Å²) in [5.41, 5.74) is 5.92. The molecule has 1 atom stereocenters. The topological polar surface area (TPSA) is 99.7 Å². The maximum atomic E-state index is 15.6. The van der Waals surface area contributed by atoms with Crippen molar-refractivity contribution in [3.05, 3.63) is 58.6 Å². The van der Waals surface area contributed by atoms with Crippen molar-refractivity contribution >= 4 is 49.8 Å². The van der Waals surface area contributed by atoms with Crippen molar-refractivity contribution < 1.29 is 23.1 Å². The quantitative estimate of drug-likeness (QED) is 0.517. The smallest absolute Gasteiger partial charge is 0.258 e. The number of nitriles is 1. The molecule has 2 amide bonds. The van der Waals surface area contributed by atoms with Crippen LogP contribution in [0.1, 0.15) is 15.9 Å². The largest absolute Gasteiger partial charge is 0.489 e. The van der Waals surface area contributed by atoms with E-state index in [0.29, 0.717) is 6.54 Å². The van der Waals surface area contributed by atoms with E-state index in [1.54, 1.807) is 4.90 Å². The van der Waals surface area contributed by atoms with E-state index < -0.39 is 23.6 Å². The molecule has 3 heterocycles. The number of nitrogens with zero attached hydrogens (tertiary/aromatic N) is 3. The van der Waals surface area contributed by atoms with Gasteiger partial charge in [0.15, 0.2) is 5.75 Å². The summed E-state index contributed by atoms with van der Waals surface area (Å²) in [6.07, 6.45) is 1.21. The van der Waals surface area contributed by atoms with E-state index in [0.717, 1.165) is 23.5 Å². The van der Waals surface area contributed by atoms with Gasteiger partial charge >= 0.3 is 0 Å².